The molecule has 0 radical (unpaired) electrons. The van der Waals surface area contributed by atoms with Crippen LogP contribution in [-0.2, 0) is 22.4 Å². The fourth-order valence-corrected chi connectivity index (χ4v) is 2.75. The summed E-state index contributed by atoms with van der Waals surface area (Å²) in [6.45, 7) is 2.82. The molecule has 0 saturated carbocycles. The summed E-state index contributed by atoms with van der Waals surface area (Å²) in [6, 6.07) is 18.2. The van der Waals surface area contributed by atoms with E-state index < -0.39 is 0 Å². The summed E-state index contributed by atoms with van der Waals surface area (Å²) in [7, 11) is 0. The van der Waals surface area contributed by atoms with Gasteiger partial charge in [-0.25, -0.2) is 0 Å². The molecular weight excluding hydrogens is 300 g/mol. The van der Waals surface area contributed by atoms with Crippen LogP contribution in [0.15, 0.2) is 54.6 Å². The van der Waals surface area contributed by atoms with Crippen LogP contribution in [0.3, 0.4) is 0 Å². The Hall–Kier alpha value is -2.62. The smallest absolute Gasteiger partial charge is 0.211 e. The van der Waals surface area contributed by atoms with Crippen LogP contribution in [0.5, 0.6) is 0 Å². The van der Waals surface area contributed by atoms with Gasteiger partial charge >= 0.3 is 0 Å². The number of nitrogens with one attached hydrogen (secondary N) is 1. The van der Waals surface area contributed by atoms with Crippen LogP contribution in [0.2, 0.25) is 0 Å². The molecular formula is C20H24N2O2. The second kappa shape index (κ2) is 9.50. The molecule has 0 aromatic heterocycles. The van der Waals surface area contributed by atoms with Crippen LogP contribution in [0.1, 0.15) is 24.5 Å². The van der Waals surface area contributed by atoms with E-state index in [2.05, 4.69) is 24.4 Å². The maximum Gasteiger partial charge on any atom is 0.211 e. The standard InChI is InChI=1S/C20H24N2O2/c1-17(14-19-9-11-20(12-10-19)21-15-23)22(16-24)13-5-8-18-6-3-2-4-7-18/h2-4,6-7,9-12,15-17H,5,8,13-14H2,1H3,(H,21,23). The summed E-state index contributed by atoms with van der Waals surface area (Å²) >= 11 is 0. The largest absolute Gasteiger partial charge is 0.342 e. The van der Waals surface area contributed by atoms with E-state index >= 15 is 0 Å². The van der Waals surface area contributed by atoms with E-state index in [0.717, 1.165) is 43.5 Å². The van der Waals surface area contributed by atoms with E-state index in [1.807, 2.05) is 47.4 Å². The van der Waals surface area contributed by atoms with Crippen molar-refractivity contribution in [3.63, 3.8) is 0 Å². The Bertz CT molecular complexity index is 626. The van der Waals surface area contributed by atoms with Gasteiger partial charge in [0, 0.05) is 18.3 Å². The van der Waals surface area contributed by atoms with Crippen molar-refractivity contribution in [2.24, 2.45) is 0 Å². The van der Waals surface area contributed by atoms with Crippen molar-refractivity contribution in [1.82, 2.24) is 4.90 Å². The minimum atomic E-state index is 0.142. The van der Waals surface area contributed by atoms with Gasteiger partial charge in [0.25, 0.3) is 0 Å². The number of amides is 2. The van der Waals surface area contributed by atoms with Crippen LogP contribution in [-0.4, -0.2) is 30.3 Å². The molecule has 1 unspecified atom stereocenters. The third-order valence-electron chi connectivity index (χ3n) is 4.14. The highest BCUT2D eigenvalue weighted by atomic mass is 16.1. The molecule has 0 bridgehead atoms. The van der Waals surface area contributed by atoms with Gasteiger partial charge < -0.3 is 10.2 Å². The van der Waals surface area contributed by atoms with Crippen molar-refractivity contribution in [1.29, 1.82) is 0 Å². The van der Waals surface area contributed by atoms with Crippen LogP contribution >= 0.6 is 0 Å². The lowest BCUT2D eigenvalue weighted by Crippen LogP contribution is -2.34. The van der Waals surface area contributed by atoms with Gasteiger partial charge in [0.05, 0.1) is 0 Å². The first-order chi connectivity index (χ1) is 11.7. The van der Waals surface area contributed by atoms with Gasteiger partial charge in [-0.1, -0.05) is 42.5 Å². The number of aryl methyl sites for hydroxylation is 1. The second-order valence-electron chi connectivity index (χ2n) is 5.94. The number of anilines is 1. The average molecular weight is 324 g/mol. The highest BCUT2D eigenvalue weighted by Crippen LogP contribution is 2.13. The first kappa shape index (κ1) is 17.7. The number of hydrogen-bond donors (Lipinski definition) is 1. The zero-order valence-electron chi connectivity index (χ0n) is 14.0. The molecule has 0 aliphatic rings. The lowest BCUT2D eigenvalue weighted by atomic mass is 10.0. The first-order valence-electron chi connectivity index (χ1n) is 8.27. The normalized spacial score (nSPS) is 11.5. The minimum absolute atomic E-state index is 0.142. The maximum absolute atomic E-state index is 11.4. The topological polar surface area (TPSA) is 49.4 Å². The summed E-state index contributed by atoms with van der Waals surface area (Å²) in [6.07, 6.45) is 4.33. The number of rotatable bonds is 10. The molecule has 0 aliphatic heterocycles. The Balaban J connectivity index is 1.82. The summed E-state index contributed by atoms with van der Waals surface area (Å²) in [5, 5.41) is 2.62. The predicted molar refractivity (Wildman–Crippen MR) is 96.8 cm³/mol. The van der Waals surface area contributed by atoms with Gasteiger partial charge in [-0.2, -0.15) is 0 Å². The first-order valence-corrected chi connectivity index (χ1v) is 8.27. The number of nitrogens with zero attached hydrogens (tertiary/aromatic N) is 1. The fraction of sp³-hybridized carbons (Fsp3) is 0.300. The minimum Gasteiger partial charge on any atom is -0.342 e. The second-order valence-corrected chi connectivity index (χ2v) is 5.94. The molecule has 4 heteroatoms. The summed E-state index contributed by atoms with van der Waals surface area (Å²) in [4.78, 5) is 23.7. The number of carbonyl (C=O) groups excluding carboxylic acids is 2. The zero-order valence-corrected chi connectivity index (χ0v) is 14.0. The van der Waals surface area contributed by atoms with Gasteiger partial charge in [-0.05, 0) is 49.4 Å². The molecule has 0 fully saturated rings. The van der Waals surface area contributed by atoms with E-state index in [0.29, 0.717) is 6.41 Å². The molecule has 126 valence electrons. The maximum atomic E-state index is 11.4. The van der Waals surface area contributed by atoms with Gasteiger partial charge in [-0.15, -0.1) is 0 Å². The van der Waals surface area contributed by atoms with Crippen molar-refractivity contribution >= 4 is 18.5 Å². The molecule has 0 aliphatic carbocycles. The predicted octanol–water partition coefficient (Wildman–Crippen LogP) is 3.28. The Morgan fingerprint density at radius 2 is 1.71 bits per heavy atom. The van der Waals surface area contributed by atoms with Crippen LogP contribution in [0.25, 0.3) is 0 Å². The van der Waals surface area contributed by atoms with E-state index in [9.17, 15) is 9.59 Å². The molecule has 2 rings (SSSR count). The van der Waals surface area contributed by atoms with Crippen molar-refractivity contribution < 1.29 is 9.59 Å². The zero-order chi connectivity index (χ0) is 17.2. The third-order valence-corrected chi connectivity index (χ3v) is 4.14. The average Bonchev–Trinajstić information content (AvgIpc) is 2.61. The Labute approximate surface area is 143 Å². The monoisotopic (exact) mass is 324 g/mol. The summed E-state index contributed by atoms with van der Waals surface area (Å²) in [5.74, 6) is 0. The lowest BCUT2D eigenvalue weighted by Gasteiger charge is -2.25. The van der Waals surface area contributed by atoms with E-state index in [-0.39, 0.29) is 6.04 Å². The third kappa shape index (κ3) is 5.54. The van der Waals surface area contributed by atoms with E-state index in [4.69, 9.17) is 0 Å². The van der Waals surface area contributed by atoms with Crippen LogP contribution < -0.4 is 5.32 Å². The fourth-order valence-electron chi connectivity index (χ4n) is 2.75. The van der Waals surface area contributed by atoms with Gasteiger partial charge in [0.2, 0.25) is 12.8 Å². The molecule has 24 heavy (non-hydrogen) atoms. The number of benzene rings is 2. The van der Waals surface area contributed by atoms with Gasteiger partial charge in [0.15, 0.2) is 0 Å². The van der Waals surface area contributed by atoms with Gasteiger partial charge in [-0.3, -0.25) is 9.59 Å². The molecule has 4 nitrogen and oxygen atoms in total. The van der Waals surface area contributed by atoms with E-state index in [1.165, 1.54) is 5.56 Å². The molecule has 2 aromatic carbocycles. The highest BCUT2D eigenvalue weighted by Gasteiger charge is 2.12. The van der Waals surface area contributed by atoms with Crippen LogP contribution in [0, 0.1) is 0 Å². The molecule has 2 aromatic rings. The number of hydrogen-bond acceptors (Lipinski definition) is 2. The van der Waals surface area contributed by atoms with Crippen LogP contribution in [0.4, 0.5) is 5.69 Å². The van der Waals surface area contributed by atoms with E-state index in [1.54, 1.807) is 0 Å². The molecule has 1 atom stereocenters. The highest BCUT2D eigenvalue weighted by molar-refractivity contribution is 5.71. The SMILES string of the molecule is CC(Cc1ccc(NC=O)cc1)N(C=O)CCCc1ccccc1. The van der Waals surface area contributed by atoms with Crippen molar-refractivity contribution in [2.45, 2.75) is 32.2 Å². The van der Waals surface area contributed by atoms with Crippen molar-refractivity contribution in [3.05, 3.63) is 65.7 Å². The Kier molecular flexibility index (Phi) is 7.02. The molecule has 0 heterocycles. The molecule has 0 spiro atoms. The quantitative estimate of drug-likeness (QED) is 0.682. The van der Waals surface area contributed by atoms with Gasteiger partial charge in [0.1, 0.15) is 0 Å². The molecule has 1 N–H and O–H groups in total. The Morgan fingerprint density at radius 1 is 1.00 bits per heavy atom. The van der Waals surface area contributed by atoms with Crippen molar-refractivity contribution in [2.75, 3.05) is 11.9 Å². The van der Waals surface area contributed by atoms with Crippen molar-refractivity contribution in [3.8, 4) is 0 Å². The Morgan fingerprint density at radius 3 is 2.33 bits per heavy atom. The number of carbonyl (C=O) groups is 2. The lowest BCUT2D eigenvalue weighted by molar-refractivity contribution is -0.120. The summed E-state index contributed by atoms with van der Waals surface area (Å²) < 4.78 is 0. The summed E-state index contributed by atoms with van der Waals surface area (Å²) in [5.41, 5.74) is 3.22. The molecule has 2 amide bonds. The molecule has 0 saturated heterocycles.